The highest BCUT2D eigenvalue weighted by Crippen LogP contribution is 2.28. The monoisotopic (exact) mass is 345 g/mol. The topological polar surface area (TPSA) is 36.0 Å². The number of amides is 1. The fourth-order valence-electron chi connectivity index (χ4n) is 4.04. The zero-order valence-electron chi connectivity index (χ0n) is 15.6. The Kier molecular flexibility index (Phi) is 6.45. The number of ether oxygens (including phenoxy) is 1. The summed E-state index contributed by atoms with van der Waals surface area (Å²) in [6, 6.07) is 8.86. The second kappa shape index (κ2) is 8.79. The molecule has 0 N–H and O–H groups in total. The first-order valence-corrected chi connectivity index (χ1v) is 9.56. The Balaban J connectivity index is 1.48. The number of hydrogen-bond donors (Lipinski definition) is 0. The summed E-state index contributed by atoms with van der Waals surface area (Å²) in [6.07, 6.45) is 2.74. The molecular formula is C20H31N3O2. The lowest BCUT2D eigenvalue weighted by Gasteiger charge is -2.41. The van der Waals surface area contributed by atoms with Crippen molar-refractivity contribution in [3.63, 3.8) is 0 Å². The minimum atomic E-state index is 0.264. The Labute approximate surface area is 151 Å². The first kappa shape index (κ1) is 18.4. The van der Waals surface area contributed by atoms with Gasteiger partial charge in [0.15, 0.2) is 0 Å². The smallest absolute Gasteiger partial charge is 0.228 e. The van der Waals surface area contributed by atoms with Gasteiger partial charge >= 0.3 is 0 Å². The van der Waals surface area contributed by atoms with Crippen LogP contribution < -0.4 is 4.90 Å². The van der Waals surface area contributed by atoms with Gasteiger partial charge in [0.05, 0.1) is 6.61 Å². The largest absolute Gasteiger partial charge is 0.383 e. The summed E-state index contributed by atoms with van der Waals surface area (Å²) in [5, 5.41) is 0. The highest BCUT2D eigenvalue weighted by atomic mass is 16.5. The zero-order valence-corrected chi connectivity index (χ0v) is 15.6. The van der Waals surface area contributed by atoms with E-state index in [1.54, 1.807) is 7.11 Å². The van der Waals surface area contributed by atoms with Crippen LogP contribution in [0.15, 0.2) is 24.3 Å². The minimum absolute atomic E-state index is 0.264. The molecule has 0 aliphatic carbocycles. The van der Waals surface area contributed by atoms with Crippen molar-refractivity contribution in [1.82, 2.24) is 9.80 Å². The lowest BCUT2D eigenvalue weighted by atomic mass is 10.1. The summed E-state index contributed by atoms with van der Waals surface area (Å²) in [5.41, 5.74) is 2.41. The molecule has 1 amide bonds. The van der Waals surface area contributed by atoms with Gasteiger partial charge in [0, 0.05) is 64.5 Å². The van der Waals surface area contributed by atoms with E-state index in [-0.39, 0.29) is 5.91 Å². The SMILES string of the molecule is CCC1CN(CCC(=O)N2CCc3ccccc32)CCN1CCOC. The molecule has 0 bridgehead atoms. The van der Waals surface area contributed by atoms with Gasteiger partial charge in [0.2, 0.25) is 5.91 Å². The molecule has 2 aliphatic heterocycles. The minimum Gasteiger partial charge on any atom is -0.383 e. The van der Waals surface area contributed by atoms with Crippen LogP contribution in [0.5, 0.6) is 0 Å². The molecule has 2 heterocycles. The van der Waals surface area contributed by atoms with Crippen LogP contribution in [0.4, 0.5) is 5.69 Å². The van der Waals surface area contributed by atoms with Gasteiger partial charge in [-0.2, -0.15) is 0 Å². The third-order valence-electron chi connectivity index (χ3n) is 5.57. The standard InChI is InChI=1S/C20H31N3O2/c1-3-18-16-21(12-13-22(18)14-15-25-2)10-9-20(24)23-11-8-17-6-4-5-7-19(17)23/h4-7,18H,3,8-16H2,1-2H3. The number of fused-ring (bicyclic) bond motifs is 1. The number of rotatable bonds is 7. The molecule has 1 atom stereocenters. The molecular weight excluding hydrogens is 314 g/mol. The summed E-state index contributed by atoms with van der Waals surface area (Å²) >= 11 is 0. The second-order valence-electron chi connectivity index (χ2n) is 7.07. The Morgan fingerprint density at radius 2 is 2.04 bits per heavy atom. The number of para-hydroxylation sites is 1. The molecule has 0 aromatic heterocycles. The van der Waals surface area contributed by atoms with Crippen LogP contribution in [0.25, 0.3) is 0 Å². The van der Waals surface area contributed by atoms with Crippen molar-refractivity contribution < 1.29 is 9.53 Å². The molecule has 1 aromatic carbocycles. The van der Waals surface area contributed by atoms with Crippen LogP contribution in [-0.2, 0) is 16.0 Å². The van der Waals surface area contributed by atoms with Crippen molar-refractivity contribution in [2.24, 2.45) is 0 Å². The van der Waals surface area contributed by atoms with Crippen molar-refractivity contribution in [3.05, 3.63) is 29.8 Å². The van der Waals surface area contributed by atoms with Crippen molar-refractivity contribution in [1.29, 1.82) is 0 Å². The van der Waals surface area contributed by atoms with Gasteiger partial charge in [-0.25, -0.2) is 0 Å². The van der Waals surface area contributed by atoms with Crippen molar-refractivity contribution in [3.8, 4) is 0 Å². The predicted molar refractivity (Wildman–Crippen MR) is 101 cm³/mol. The summed E-state index contributed by atoms with van der Waals surface area (Å²) in [6.45, 7) is 8.93. The average molecular weight is 345 g/mol. The summed E-state index contributed by atoms with van der Waals surface area (Å²) in [4.78, 5) is 19.6. The number of carbonyl (C=O) groups is 1. The van der Waals surface area contributed by atoms with Crippen LogP contribution in [-0.4, -0.2) is 74.7 Å². The van der Waals surface area contributed by atoms with Gasteiger partial charge < -0.3 is 9.64 Å². The molecule has 1 fully saturated rings. The molecule has 0 spiro atoms. The Morgan fingerprint density at radius 3 is 2.84 bits per heavy atom. The van der Waals surface area contributed by atoms with E-state index in [2.05, 4.69) is 34.9 Å². The molecule has 3 rings (SSSR count). The maximum atomic E-state index is 12.7. The van der Waals surface area contributed by atoms with E-state index in [0.29, 0.717) is 12.5 Å². The summed E-state index contributed by atoms with van der Waals surface area (Å²) in [5.74, 6) is 0.264. The van der Waals surface area contributed by atoms with Crippen molar-refractivity contribution in [2.45, 2.75) is 32.2 Å². The van der Waals surface area contributed by atoms with E-state index in [4.69, 9.17) is 4.74 Å². The lowest BCUT2D eigenvalue weighted by Crippen LogP contribution is -2.54. The number of methoxy groups -OCH3 is 1. The van der Waals surface area contributed by atoms with E-state index >= 15 is 0 Å². The summed E-state index contributed by atoms with van der Waals surface area (Å²) < 4.78 is 5.22. The molecule has 138 valence electrons. The first-order valence-electron chi connectivity index (χ1n) is 9.56. The van der Waals surface area contributed by atoms with E-state index in [1.807, 2.05) is 11.0 Å². The molecule has 2 aliphatic rings. The molecule has 1 aromatic rings. The van der Waals surface area contributed by atoms with Crippen molar-refractivity contribution in [2.75, 3.05) is 57.9 Å². The number of piperazine rings is 1. The number of hydrogen-bond acceptors (Lipinski definition) is 4. The number of benzene rings is 1. The van der Waals surface area contributed by atoms with Crippen LogP contribution >= 0.6 is 0 Å². The lowest BCUT2D eigenvalue weighted by molar-refractivity contribution is -0.119. The number of carbonyl (C=O) groups excluding carboxylic acids is 1. The molecule has 5 heteroatoms. The van der Waals surface area contributed by atoms with Gasteiger partial charge in [-0.15, -0.1) is 0 Å². The van der Waals surface area contributed by atoms with E-state index in [9.17, 15) is 4.79 Å². The van der Waals surface area contributed by atoms with Crippen LogP contribution in [0.2, 0.25) is 0 Å². The highest BCUT2D eigenvalue weighted by molar-refractivity contribution is 5.95. The van der Waals surface area contributed by atoms with Crippen molar-refractivity contribution >= 4 is 11.6 Å². The zero-order chi connectivity index (χ0) is 17.6. The van der Waals surface area contributed by atoms with Crippen LogP contribution in [0, 0.1) is 0 Å². The fraction of sp³-hybridized carbons (Fsp3) is 0.650. The van der Waals surface area contributed by atoms with E-state index in [1.165, 1.54) is 5.56 Å². The van der Waals surface area contributed by atoms with E-state index in [0.717, 1.165) is 64.4 Å². The van der Waals surface area contributed by atoms with E-state index < -0.39 is 0 Å². The Morgan fingerprint density at radius 1 is 1.20 bits per heavy atom. The van der Waals surface area contributed by atoms with Gasteiger partial charge in [-0.05, 0) is 24.5 Å². The predicted octanol–water partition coefficient (Wildman–Crippen LogP) is 2.01. The Bertz CT molecular complexity index is 578. The maximum absolute atomic E-state index is 12.7. The van der Waals surface area contributed by atoms with Crippen LogP contribution in [0.1, 0.15) is 25.3 Å². The highest BCUT2D eigenvalue weighted by Gasteiger charge is 2.27. The summed E-state index contributed by atoms with van der Waals surface area (Å²) in [7, 11) is 1.76. The Hall–Kier alpha value is -1.43. The number of nitrogens with zero attached hydrogens (tertiary/aromatic N) is 3. The number of anilines is 1. The molecule has 1 unspecified atom stereocenters. The first-order chi connectivity index (χ1) is 12.2. The molecule has 5 nitrogen and oxygen atoms in total. The molecule has 1 saturated heterocycles. The van der Waals surface area contributed by atoms with Gasteiger partial charge in [-0.1, -0.05) is 25.1 Å². The van der Waals surface area contributed by atoms with Crippen LogP contribution in [0.3, 0.4) is 0 Å². The normalized spacial score (nSPS) is 21.5. The van der Waals surface area contributed by atoms with Gasteiger partial charge in [0.25, 0.3) is 0 Å². The molecule has 0 saturated carbocycles. The molecule has 0 radical (unpaired) electrons. The quantitative estimate of drug-likeness (QED) is 0.757. The second-order valence-corrected chi connectivity index (χ2v) is 7.07. The third kappa shape index (κ3) is 4.40. The van der Waals surface area contributed by atoms with Gasteiger partial charge in [0.1, 0.15) is 0 Å². The third-order valence-corrected chi connectivity index (χ3v) is 5.57. The maximum Gasteiger partial charge on any atom is 0.228 e. The fourth-order valence-corrected chi connectivity index (χ4v) is 4.04. The average Bonchev–Trinajstić information content (AvgIpc) is 3.09. The van der Waals surface area contributed by atoms with Gasteiger partial charge in [-0.3, -0.25) is 14.6 Å². The molecule has 25 heavy (non-hydrogen) atoms.